The van der Waals surface area contributed by atoms with Crippen LogP contribution in [0.5, 0.6) is 5.75 Å². The van der Waals surface area contributed by atoms with Crippen molar-refractivity contribution < 1.29 is 17.9 Å². The van der Waals surface area contributed by atoms with Gasteiger partial charge in [-0.1, -0.05) is 6.92 Å². The number of aromatic nitrogens is 2. The van der Waals surface area contributed by atoms with Crippen LogP contribution in [0.15, 0.2) is 46.1 Å². The Morgan fingerprint density at radius 2 is 1.70 bits per heavy atom. The molecule has 1 fully saturated rings. The van der Waals surface area contributed by atoms with Gasteiger partial charge in [0.1, 0.15) is 5.75 Å². The van der Waals surface area contributed by atoms with E-state index in [1.165, 1.54) is 38.7 Å². The van der Waals surface area contributed by atoms with E-state index in [1.54, 1.807) is 32.3 Å². The molecule has 176 valence electrons. The Morgan fingerprint density at radius 1 is 1.03 bits per heavy atom. The molecule has 0 unspecified atom stereocenters. The number of benzene rings is 2. The highest BCUT2D eigenvalue weighted by atomic mass is 32.2. The van der Waals surface area contributed by atoms with E-state index in [-0.39, 0.29) is 21.9 Å². The summed E-state index contributed by atoms with van der Waals surface area (Å²) in [5.41, 5.74) is 1.84. The van der Waals surface area contributed by atoms with E-state index in [4.69, 9.17) is 4.74 Å². The molecule has 0 radical (unpaired) electrons. The second-order valence-corrected chi connectivity index (χ2v) is 10.4. The topological polar surface area (TPSA) is 103 Å². The molecule has 2 heterocycles. The summed E-state index contributed by atoms with van der Waals surface area (Å²) in [6.45, 7) is 3.05. The van der Waals surface area contributed by atoms with Crippen LogP contribution in [0, 0.1) is 5.92 Å². The zero-order chi connectivity index (χ0) is 23.9. The third kappa shape index (κ3) is 4.16. The number of carbonyl (C=O) groups excluding carboxylic acids is 1. The predicted molar refractivity (Wildman–Crippen MR) is 126 cm³/mol. The van der Waals surface area contributed by atoms with E-state index in [9.17, 15) is 18.0 Å². The lowest BCUT2D eigenvalue weighted by Crippen LogP contribution is -2.37. The van der Waals surface area contributed by atoms with Crippen molar-refractivity contribution in [2.75, 3.05) is 25.5 Å². The quantitative estimate of drug-likeness (QED) is 0.615. The van der Waals surface area contributed by atoms with Crippen LogP contribution in [-0.2, 0) is 24.1 Å². The average molecular weight is 473 g/mol. The molecule has 1 aliphatic heterocycles. The summed E-state index contributed by atoms with van der Waals surface area (Å²) in [7, 11) is 1.05. The number of aryl methyl sites for hydroxylation is 2. The first kappa shape index (κ1) is 23.1. The van der Waals surface area contributed by atoms with Crippen LogP contribution in [0.1, 0.15) is 30.1 Å². The van der Waals surface area contributed by atoms with Gasteiger partial charge in [0, 0.05) is 32.9 Å². The van der Waals surface area contributed by atoms with Crippen molar-refractivity contribution in [2.45, 2.75) is 24.7 Å². The summed E-state index contributed by atoms with van der Waals surface area (Å²) in [6.07, 6.45) is 1.63. The van der Waals surface area contributed by atoms with E-state index in [1.807, 2.05) is 0 Å². The van der Waals surface area contributed by atoms with E-state index in [2.05, 4.69) is 12.2 Å². The van der Waals surface area contributed by atoms with Gasteiger partial charge in [0.25, 0.3) is 5.91 Å². The highest BCUT2D eigenvalue weighted by Gasteiger charge is 2.29. The lowest BCUT2D eigenvalue weighted by Gasteiger charge is -2.29. The number of hydrogen-bond acceptors (Lipinski definition) is 5. The minimum atomic E-state index is -3.72. The van der Waals surface area contributed by atoms with Crippen LogP contribution in [0.2, 0.25) is 0 Å². The van der Waals surface area contributed by atoms with Crippen molar-refractivity contribution >= 4 is 32.7 Å². The standard InChI is InChI=1S/C23H28N4O5S/c1-15-9-11-27(12-10-15)33(30,31)17-6-8-21(32-4)18(14-17)22(28)24-16-5-7-19-20(13-16)26(3)23(29)25(19)2/h5-8,13-15H,9-12H2,1-4H3,(H,24,28). The maximum absolute atomic E-state index is 13.2. The predicted octanol–water partition coefficient (Wildman–Crippen LogP) is 2.56. The van der Waals surface area contributed by atoms with Crippen LogP contribution in [0.25, 0.3) is 11.0 Å². The number of hydrogen-bond donors (Lipinski definition) is 1. The second-order valence-electron chi connectivity index (χ2n) is 8.51. The largest absolute Gasteiger partial charge is 0.496 e. The Labute approximate surface area is 192 Å². The van der Waals surface area contributed by atoms with Crippen molar-refractivity contribution in [3.8, 4) is 5.75 Å². The minimum Gasteiger partial charge on any atom is -0.496 e. The lowest BCUT2D eigenvalue weighted by atomic mass is 10.0. The second kappa shape index (κ2) is 8.68. The van der Waals surface area contributed by atoms with E-state index in [0.29, 0.717) is 30.2 Å². The molecular formula is C23H28N4O5S. The molecule has 2 aromatic carbocycles. The first-order chi connectivity index (χ1) is 15.6. The average Bonchev–Trinajstić information content (AvgIpc) is 3.02. The Bertz CT molecular complexity index is 1380. The number of imidazole rings is 1. The number of sulfonamides is 1. The van der Waals surface area contributed by atoms with Crippen molar-refractivity contribution in [3.63, 3.8) is 0 Å². The van der Waals surface area contributed by atoms with Crippen molar-refractivity contribution in [2.24, 2.45) is 20.0 Å². The number of piperidine rings is 1. The monoisotopic (exact) mass is 472 g/mol. The Morgan fingerprint density at radius 3 is 2.36 bits per heavy atom. The molecular weight excluding hydrogens is 444 g/mol. The summed E-state index contributed by atoms with van der Waals surface area (Å²) in [4.78, 5) is 25.3. The number of methoxy groups -OCH3 is 1. The van der Waals surface area contributed by atoms with Gasteiger partial charge in [-0.15, -0.1) is 0 Å². The number of amides is 1. The van der Waals surface area contributed by atoms with Crippen LogP contribution >= 0.6 is 0 Å². The van der Waals surface area contributed by atoms with Gasteiger partial charge in [0.2, 0.25) is 10.0 Å². The molecule has 33 heavy (non-hydrogen) atoms. The number of carbonyl (C=O) groups is 1. The molecule has 9 nitrogen and oxygen atoms in total. The van der Waals surface area contributed by atoms with Gasteiger partial charge in [-0.25, -0.2) is 13.2 Å². The minimum absolute atomic E-state index is 0.0592. The molecule has 0 bridgehead atoms. The maximum Gasteiger partial charge on any atom is 0.328 e. The SMILES string of the molecule is COc1ccc(S(=O)(=O)N2CCC(C)CC2)cc1C(=O)Nc1ccc2c(c1)n(C)c(=O)n2C. The third-order valence-corrected chi connectivity index (χ3v) is 8.22. The number of nitrogens with zero attached hydrogens (tertiary/aromatic N) is 3. The molecule has 4 rings (SSSR count). The van der Waals surface area contributed by atoms with Gasteiger partial charge in [-0.05, 0) is 55.2 Å². The molecule has 0 saturated carbocycles. The van der Waals surface area contributed by atoms with Gasteiger partial charge >= 0.3 is 5.69 Å². The number of fused-ring (bicyclic) bond motifs is 1. The molecule has 1 aliphatic rings. The van der Waals surface area contributed by atoms with Gasteiger partial charge in [0.15, 0.2) is 0 Å². The highest BCUT2D eigenvalue weighted by Crippen LogP contribution is 2.28. The zero-order valence-corrected chi connectivity index (χ0v) is 20.0. The fourth-order valence-electron chi connectivity index (χ4n) is 4.18. The smallest absolute Gasteiger partial charge is 0.328 e. The number of nitrogens with one attached hydrogen (secondary N) is 1. The van der Waals surface area contributed by atoms with E-state index >= 15 is 0 Å². The number of rotatable bonds is 5. The zero-order valence-electron chi connectivity index (χ0n) is 19.2. The van der Waals surface area contributed by atoms with Crippen molar-refractivity contribution in [1.29, 1.82) is 0 Å². The summed E-state index contributed by atoms with van der Waals surface area (Å²) < 4.78 is 36.1. The highest BCUT2D eigenvalue weighted by molar-refractivity contribution is 7.89. The normalized spacial score (nSPS) is 15.6. The number of anilines is 1. The fraction of sp³-hybridized carbons (Fsp3) is 0.391. The molecule has 0 spiro atoms. The molecule has 3 aromatic rings. The van der Waals surface area contributed by atoms with E-state index in [0.717, 1.165) is 18.4 Å². The summed E-state index contributed by atoms with van der Waals surface area (Å²) in [5.74, 6) is 0.262. The molecule has 1 aromatic heterocycles. The Hall–Kier alpha value is -3.11. The first-order valence-corrected chi connectivity index (χ1v) is 12.2. The van der Waals surface area contributed by atoms with Gasteiger partial charge in [-0.2, -0.15) is 4.31 Å². The summed E-state index contributed by atoms with van der Waals surface area (Å²) in [5, 5.41) is 2.79. The van der Waals surface area contributed by atoms with Crippen LogP contribution < -0.4 is 15.7 Å². The first-order valence-electron chi connectivity index (χ1n) is 10.8. The van der Waals surface area contributed by atoms with Crippen LogP contribution in [0.4, 0.5) is 5.69 Å². The van der Waals surface area contributed by atoms with Gasteiger partial charge in [-0.3, -0.25) is 13.9 Å². The molecule has 0 atom stereocenters. The summed E-state index contributed by atoms with van der Waals surface area (Å²) in [6, 6.07) is 9.48. The molecule has 10 heteroatoms. The third-order valence-electron chi connectivity index (χ3n) is 6.33. The van der Waals surface area contributed by atoms with Gasteiger partial charge < -0.3 is 10.1 Å². The van der Waals surface area contributed by atoms with Gasteiger partial charge in [0.05, 0.1) is 28.6 Å². The van der Waals surface area contributed by atoms with Crippen molar-refractivity contribution in [3.05, 3.63) is 52.4 Å². The molecule has 0 aliphatic carbocycles. The number of ether oxygens (including phenoxy) is 1. The Balaban J connectivity index is 1.65. The Kier molecular flexibility index (Phi) is 6.06. The van der Waals surface area contributed by atoms with Crippen molar-refractivity contribution in [1.82, 2.24) is 13.4 Å². The fourth-order valence-corrected chi connectivity index (χ4v) is 5.68. The molecule has 1 N–H and O–H groups in total. The van der Waals surface area contributed by atoms with Crippen LogP contribution in [0.3, 0.4) is 0 Å². The molecule has 1 amide bonds. The maximum atomic E-state index is 13.2. The lowest BCUT2D eigenvalue weighted by molar-refractivity contribution is 0.102. The van der Waals surface area contributed by atoms with E-state index < -0.39 is 15.9 Å². The molecule has 1 saturated heterocycles. The van der Waals surface area contributed by atoms with Crippen LogP contribution in [-0.4, -0.2) is 48.0 Å². The summed E-state index contributed by atoms with van der Waals surface area (Å²) >= 11 is 0.